The van der Waals surface area contributed by atoms with Gasteiger partial charge >= 0.3 is 0 Å². The molecule has 2 aliphatic heterocycles. The van der Waals surface area contributed by atoms with Crippen LogP contribution >= 0.6 is 0 Å². The van der Waals surface area contributed by atoms with Crippen LogP contribution < -0.4 is 15.6 Å². The number of ether oxygens (including phenoxy) is 1. The maximum Gasteiger partial charge on any atom is 0.261 e. The highest BCUT2D eigenvalue weighted by Gasteiger charge is 2.38. The van der Waals surface area contributed by atoms with E-state index in [4.69, 9.17) is 9.72 Å². The van der Waals surface area contributed by atoms with Crippen LogP contribution in [0.2, 0.25) is 0 Å². The van der Waals surface area contributed by atoms with E-state index in [-0.39, 0.29) is 28.4 Å². The van der Waals surface area contributed by atoms with E-state index in [9.17, 15) is 13.2 Å². The van der Waals surface area contributed by atoms with Crippen LogP contribution in [-0.4, -0.2) is 65.4 Å². The topological polar surface area (TPSA) is 110 Å². The lowest BCUT2D eigenvalue weighted by Crippen LogP contribution is -2.44. The number of allylic oxidation sites excluding steroid dienone is 1. The van der Waals surface area contributed by atoms with Crippen LogP contribution in [0.1, 0.15) is 44.0 Å². The van der Waals surface area contributed by atoms with Gasteiger partial charge in [-0.1, -0.05) is 38.6 Å². The highest BCUT2D eigenvalue weighted by atomic mass is 32.2. The van der Waals surface area contributed by atoms with E-state index in [1.54, 1.807) is 30.5 Å². The lowest BCUT2D eigenvalue weighted by atomic mass is 9.97. The summed E-state index contributed by atoms with van der Waals surface area (Å²) in [4.78, 5) is 26.0. The van der Waals surface area contributed by atoms with Gasteiger partial charge in [-0.2, -0.15) is 9.29 Å². The number of benzene rings is 2. The van der Waals surface area contributed by atoms with Crippen molar-refractivity contribution < 1.29 is 13.2 Å². The predicted octanol–water partition coefficient (Wildman–Crippen LogP) is 5.05. The summed E-state index contributed by atoms with van der Waals surface area (Å²) in [6.45, 7) is 10.1. The van der Waals surface area contributed by atoms with Gasteiger partial charge in [0.1, 0.15) is 23.7 Å². The molecule has 4 heterocycles. The SMILES string of the molecule is C=C(c1cc2cnc(Nc3ccc(OC4CCCN(C)C4)cc3)nc2n(C2Cc3ccccc3S(=O)(=O)N2C)c1=O)C(C)C. The second-order valence-corrected chi connectivity index (χ2v) is 14.0. The first kappa shape index (κ1) is 30.0. The lowest BCUT2D eigenvalue weighted by Gasteiger charge is -2.35. The van der Waals surface area contributed by atoms with Crippen molar-refractivity contribution in [1.82, 2.24) is 23.7 Å². The third-order valence-electron chi connectivity index (χ3n) is 8.56. The standard InChI is InChI=1S/C33H38N6O4S/c1-21(2)22(3)28-17-24-19-34-33(35-25-12-14-26(15-13-25)43-27-10-8-16-37(4)20-27)36-31(24)39(32(28)40)30-18-23-9-6-7-11-29(23)44(41,42)38(30)5/h6-7,9,11-15,17,19,21,27,30H,3,8,10,16,18,20H2,1-2,4-5H3,(H,34,35,36). The Labute approximate surface area is 258 Å². The zero-order chi connectivity index (χ0) is 31.2. The number of sulfonamides is 1. The Hall–Kier alpha value is -4.06. The van der Waals surface area contributed by atoms with Crippen LogP contribution in [0.15, 0.2) is 77.1 Å². The van der Waals surface area contributed by atoms with Crippen molar-refractivity contribution in [2.24, 2.45) is 5.92 Å². The first-order valence-corrected chi connectivity index (χ1v) is 16.4. The molecule has 1 N–H and O–H groups in total. The summed E-state index contributed by atoms with van der Waals surface area (Å²) in [6, 6.07) is 16.3. The van der Waals surface area contributed by atoms with E-state index in [1.165, 1.54) is 15.9 Å². The second-order valence-electron chi connectivity index (χ2n) is 12.0. The Morgan fingerprint density at radius 2 is 1.86 bits per heavy atom. The third kappa shape index (κ3) is 5.62. The molecule has 44 heavy (non-hydrogen) atoms. The molecule has 0 aliphatic carbocycles. The predicted molar refractivity (Wildman–Crippen MR) is 173 cm³/mol. The van der Waals surface area contributed by atoms with Gasteiger partial charge in [-0.25, -0.2) is 13.4 Å². The van der Waals surface area contributed by atoms with E-state index in [2.05, 4.69) is 28.8 Å². The molecule has 0 radical (unpaired) electrons. The maximum atomic E-state index is 14.2. The molecule has 2 aromatic carbocycles. The Morgan fingerprint density at radius 1 is 1.11 bits per heavy atom. The average molecular weight is 615 g/mol. The van der Waals surface area contributed by atoms with E-state index >= 15 is 0 Å². The van der Waals surface area contributed by atoms with Crippen LogP contribution in [0, 0.1) is 5.92 Å². The Bertz CT molecular complexity index is 1890. The molecule has 6 rings (SSSR count). The van der Waals surface area contributed by atoms with Crippen LogP contribution in [-0.2, 0) is 16.4 Å². The second kappa shape index (κ2) is 11.8. The van der Waals surface area contributed by atoms with E-state index in [0.717, 1.165) is 37.4 Å². The number of piperidine rings is 1. The van der Waals surface area contributed by atoms with Crippen LogP contribution in [0.4, 0.5) is 11.6 Å². The third-order valence-corrected chi connectivity index (χ3v) is 10.5. The average Bonchev–Trinajstić information content (AvgIpc) is 3.00. The molecular formula is C33H38N6O4S. The molecule has 11 heteroatoms. The maximum absolute atomic E-state index is 14.2. The van der Waals surface area contributed by atoms with Crippen molar-refractivity contribution in [1.29, 1.82) is 0 Å². The molecule has 2 aromatic heterocycles. The Morgan fingerprint density at radius 3 is 2.59 bits per heavy atom. The highest BCUT2D eigenvalue weighted by Crippen LogP contribution is 2.35. The monoisotopic (exact) mass is 614 g/mol. The number of anilines is 2. The molecular weight excluding hydrogens is 576 g/mol. The summed E-state index contributed by atoms with van der Waals surface area (Å²) >= 11 is 0. The number of likely N-dealkylation sites (tertiary alicyclic amines) is 1. The smallest absolute Gasteiger partial charge is 0.261 e. The molecule has 4 aromatic rings. The van der Waals surface area contributed by atoms with Crippen molar-refractivity contribution in [3.63, 3.8) is 0 Å². The van der Waals surface area contributed by atoms with Gasteiger partial charge in [-0.3, -0.25) is 9.36 Å². The molecule has 1 saturated heterocycles. The van der Waals surface area contributed by atoms with E-state index in [1.807, 2.05) is 44.2 Å². The molecule has 1 fully saturated rings. The molecule has 230 valence electrons. The summed E-state index contributed by atoms with van der Waals surface area (Å²) in [7, 11) is -0.236. The van der Waals surface area contributed by atoms with Gasteiger partial charge in [-0.05, 0) is 79.9 Å². The number of hydrogen-bond acceptors (Lipinski definition) is 8. The van der Waals surface area contributed by atoms with Crippen molar-refractivity contribution in [3.8, 4) is 5.75 Å². The fraction of sp³-hybridized carbons (Fsp3) is 0.364. The van der Waals surface area contributed by atoms with E-state index in [0.29, 0.717) is 34.2 Å². The molecule has 0 saturated carbocycles. The van der Waals surface area contributed by atoms with Gasteiger partial charge in [0, 0.05) is 42.8 Å². The number of pyridine rings is 1. The van der Waals surface area contributed by atoms with Gasteiger partial charge in [0.15, 0.2) is 0 Å². The number of fused-ring (bicyclic) bond motifs is 2. The largest absolute Gasteiger partial charge is 0.489 e. The van der Waals surface area contributed by atoms with E-state index < -0.39 is 16.2 Å². The Balaban J connectivity index is 1.38. The molecule has 0 amide bonds. The van der Waals surface area contributed by atoms with Crippen LogP contribution in [0.25, 0.3) is 16.6 Å². The minimum atomic E-state index is -3.85. The van der Waals surface area contributed by atoms with Crippen molar-refractivity contribution >= 4 is 38.3 Å². The molecule has 2 unspecified atom stereocenters. The number of rotatable bonds is 7. The number of likely N-dealkylation sites (N-methyl/N-ethyl adjacent to an activating group) is 2. The molecule has 10 nitrogen and oxygen atoms in total. The van der Waals surface area contributed by atoms with Crippen molar-refractivity contribution in [2.75, 3.05) is 32.5 Å². The minimum absolute atomic E-state index is 0.00924. The zero-order valence-electron chi connectivity index (χ0n) is 25.5. The number of nitrogens with zero attached hydrogens (tertiary/aromatic N) is 5. The normalized spacial score (nSPS) is 20.4. The summed E-state index contributed by atoms with van der Waals surface area (Å²) in [5.41, 5.74) is 2.47. The summed E-state index contributed by atoms with van der Waals surface area (Å²) in [6.07, 6.45) is 3.45. The Kier molecular flexibility index (Phi) is 8.04. The number of nitrogens with one attached hydrogen (secondary N) is 1. The molecule has 0 spiro atoms. The zero-order valence-corrected chi connectivity index (χ0v) is 26.3. The molecule has 0 bridgehead atoms. The van der Waals surface area contributed by atoms with Crippen molar-refractivity contribution in [3.05, 3.63) is 88.9 Å². The van der Waals surface area contributed by atoms with Gasteiger partial charge < -0.3 is 15.0 Å². The fourth-order valence-corrected chi connectivity index (χ4v) is 7.50. The molecule has 2 aliphatic rings. The summed E-state index contributed by atoms with van der Waals surface area (Å²) in [5.74, 6) is 1.09. The fourth-order valence-electron chi connectivity index (χ4n) is 5.97. The van der Waals surface area contributed by atoms with Crippen LogP contribution in [0.5, 0.6) is 5.75 Å². The summed E-state index contributed by atoms with van der Waals surface area (Å²) in [5, 5.41) is 3.84. The van der Waals surface area contributed by atoms with Gasteiger partial charge in [0.2, 0.25) is 16.0 Å². The number of aromatic nitrogens is 3. The van der Waals surface area contributed by atoms with Crippen molar-refractivity contribution in [2.45, 2.75) is 50.3 Å². The summed E-state index contributed by atoms with van der Waals surface area (Å²) < 4.78 is 36.1. The minimum Gasteiger partial charge on any atom is -0.489 e. The number of hydrogen-bond donors (Lipinski definition) is 1. The van der Waals surface area contributed by atoms with Gasteiger partial charge in [0.05, 0.1) is 4.90 Å². The highest BCUT2D eigenvalue weighted by molar-refractivity contribution is 7.89. The first-order chi connectivity index (χ1) is 21.0. The quantitative estimate of drug-likeness (QED) is 0.308. The van der Waals surface area contributed by atoms with Crippen LogP contribution in [0.3, 0.4) is 0 Å². The van der Waals surface area contributed by atoms with Gasteiger partial charge in [-0.15, -0.1) is 0 Å². The lowest BCUT2D eigenvalue weighted by molar-refractivity contribution is 0.104. The molecule has 2 atom stereocenters. The van der Waals surface area contributed by atoms with Gasteiger partial charge in [0.25, 0.3) is 5.56 Å². The first-order valence-electron chi connectivity index (χ1n) is 14.9.